The predicted molar refractivity (Wildman–Crippen MR) is 67.0 cm³/mol. The molecule has 0 bridgehead atoms. The minimum Gasteiger partial charge on any atom is -0.480 e. The fraction of sp³-hybridized carbons (Fsp3) is 0.429. The van der Waals surface area contributed by atoms with Crippen molar-refractivity contribution in [1.82, 2.24) is 5.32 Å². The molecule has 0 unspecified atom stereocenters. The van der Waals surface area contributed by atoms with E-state index in [0.717, 1.165) is 0 Å². The molecule has 0 heterocycles. The number of halogens is 1. The van der Waals surface area contributed by atoms with E-state index in [0.29, 0.717) is 24.8 Å². The van der Waals surface area contributed by atoms with Crippen LogP contribution >= 0.6 is 0 Å². The highest BCUT2D eigenvalue weighted by atomic mass is 19.1. The number of carbonyl (C=O) groups is 2. The van der Waals surface area contributed by atoms with Gasteiger partial charge in [-0.3, -0.25) is 9.59 Å². The minimum absolute atomic E-state index is 0.304. The second kappa shape index (κ2) is 4.99. The van der Waals surface area contributed by atoms with Gasteiger partial charge in [0, 0.05) is 6.04 Å². The van der Waals surface area contributed by atoms with E-state index >= 15 is 0 Å². The van der Waals surface area contributed by atoms with Crippen LogP contribution in [0.15, 0.2) is 24.3 Å². The Hall–Kier alpha value is -1.91. The van der Waals surface area contributed by atoms with Crippen LogP contribution in [0.1, 0.15) is 25.3 Å². The fourth-order valence-corrected chi connectivity index (χ4v) is 2.07. The first-order chi connectivity index (χ1) is 8.95. The first-order valence-corrected chi connectivity index (χ1v) is 6.23. The Labute approximate surface area is 110 Å². The second-order valence-corrected chi connectivity index (χ2v) is 5.06. The lowest BCUT2D eigenvalue weighted by Gasteiger charge is -2.17. The van der Waals surface area contributed by atoms with Gasteiger partial charge >= 0.3 is 5.97 Å². The molecule has 1 aromatic rings. The van der Waals surface area contributed by atoms with Gasteiger partial charge in [-0.25, -0.2) is 4.39 Å². The number of benzene rings is 1. The molecule has 1 amide bonds. The van der Waals surface area contributed by atoms with Crippen molar-refractivity contribution in [2.75, 3.05) is 0 Å². The lowest BCUT2D eigenvalue weighted by molar-refractivity contribution is -0.149. The van der Waals surface area contributed by atoms with Crippen LogP contribution in [0.4, 0.5) is 4.39 Å². The van der Waals surface area contributed by atoms with Crippen LogP contribution in [0.5, 0.6) is 0 Å². The summed E-state index contributed by atoms with van der Waals surface area (Å²) in [6.07, 6.45) is 1.09. The molecule has 19 heavy (non-hydrogen) atoms. The molecule has 1 atom stereocenters. The molecule has 1 aliphatic carbocycles. The molecule has 2 N–H and O–H groups in total. The lowest BCUT2D eigenvalue weighted by Crippen LogP contribution is -2.42. The standard InChI is InChI=1S/C14H16FNO3/c1-9(8-10-4-2-3-5-11(10)15)16-12(17)14(6-7-14)13(18)19/h2-5,9H,6-8H2,1H3,(H,16,17)(H,18,19)/t9-/m1/s1. The first-order valence-electron chi connectivity index (χ1n) is 6.23. The van der Waals surface area contributed by atoms with Crippen molar-refractivity contribution in [3.05, 3.63) is 35.6 Å². The Morgan fingerprint density at radius 3 is 2.58 bits per heavy atom. The Balaban J connectivity index is 1.95. The van der Waals surface area contributed by atoms with Gasteiger partial charge in [-0.1, -0.05) is 18.2 Å². The molecule has 1 aliphatic rings. The van der Waals surface area contributed by atoms with Gasteiger partial charge in [-0.2, -0.15) is 0 Å². The summed E-state index contributed by atoms with van der Waals surface area (Å²) in [5.74, 6) is -1.87. The normalized spacial score (nSPS) is 17.6. The van der Waals surface area contributed by atoms with Crippen molar-refractivity contribution < 1.29 is 19.1 Å². The number of amides is 1. The summed E-state index contributed by atoms with van der Waals surface area (Å²) in [6, 6.07) is 6.05. The molecule has 1 fully saturated rings. The molecule has 102 valence electrons. The fourth-order valence-electron chi connectivity index (χ4n) is 2.07. The van der Waals surface area contributed by atoms with E-state index in [-0.39, 0.29) is 11.9 Å². The third-order valence-electron chi connectivity index (χ3n) is 3.46. The molecular weight excluding hydrogens is 249 g/mol. The zero-order valence-electron chi connectivity index (χ0n) is 10.6. The van der Waals surface area contributed by atoms with Crippen LogP contribution in [-0.2, 0) is 16.0 Å². The molecule has 0 aromatic heterocycles. The van der Waals surface area contributed by atoms with Crippen molar-refractivity contribution in [2.45, 2.75) is 32.2 Å². The molecule has 4 nitrogen and oxygen atoms in total. The average Bonchev–Trinajstić information content (AvgIpc) is 3.13. The van der Waals surface area contributed by atoms with Gasteiger partial charge in [0.2, 0.25) is 5.91 Å². The predicted octanol–water partition coefficient (Wildman–Crippen LogP) is 1.74. The highest BCUT2D eigenvalue weighted by Crippen LogP contribution is 2.46. The molecule has 0 aliphatic heterocycles. The zero-order chi connectivity index (χ0) is 14.0. The maximum absolute atomic E-state index is 13.5. The molecule has 2 rings (SSSR count). The summed E-state index contributed by atoms with van der Waals surface area (Å²) in [7, 11) is 0. The van der Waals surface area contributed by atoms with E-state index in [1.54, 1.807) is 25.1 Å². The number of aliphatic carboxylic acids is 1. The van der Waals surface area contributed by atoms with Crippen LogP contribution in [0.25, 0.3) is 0 Å². The molecule has 5 heteroatoms. The van der Waals surface area contributed by atoms with Crippen molar-refractivity contribution in [2.24, 2.45) is 5.41 Å². The molecule has 0 saturated heterocycles. The number of carboxylic acid groups (broad SMARTS) is 1. The lowest BCUT2D eigenvalue weighted by atomic mass is 10.0. The number of hydrogen-bond donors (Lipinski definition) is 2. The van der Waals surface area contributed by atoms with Gasteiger partial charge in [0.25, 0.3) is 0 Å². The Kier molecular flexibility index (Phi) is 3.55. The topological polar surface area (TPSA) is 66.4 Å². The molecule has 1 aromatic carbocycles. The second-order valence-electron chi connectivity index (χ2n) is 5.06. The quantitative estimate of drug-likeness (QED) is 0.797. The van der Waals surface area contributed by atoms with E-state index in [1.165, 1.54) is 6.07 Å². The van der Waals surface area contributed by atoms with Crippen LogP contribution in [0.3, 0.4) is 0 Å². The van der Waals surface area contributed by atoms with Gasteiger partial charge in [-0.05, 0) is 37.8 Å². The minimum atomic E-state index is -1.25. The third-order valence-corrected chi connectivity index (χ3v) is 3.46. The highest BCUT2D eigenvalue weighted by Gasteiger charge is 2.57. The zero-order valence-corrected chi connectivity index (χ0v) is 10.6. The molecule has 1 saturated carbocycles. The maximum Gasteiger partial charge on any atom is 0.319 e. The summed E-state index contributed by atoms with van der Waals surface area (Å²) >= 11 is 0. The summed E-state index contributed by atoms with van der Waals surface area (Å²) in [6.45, 7) is 1.74. The highest BCUT2D eigenvalue weighted by molar-refractivity contribution is 6.04. The Bertz CT molecular complexity index is 511. The smallest absolute Gasteiger partial charge is 0.319 e. The van der Waals surface area contributed by atoms with Crippen molar-refractivity contribution in [1.29, 1.82) is 0 Å². The monoisotopic (exact) mass is 265 g/mol. The number of rotatable bonds is 5. The van der Waals surface area contributed by atoms with Crippen LogP contribution in [0.2, 0.25) is 0 Å². The van der Waals surface area contributed by atoms with Crippen molar-refractivity contribution in [3.63, 3.8) is 0 Å². The summed E-state index contributed by atoms with van der Waals surface area (Å²) < 4.78 is 13.5. The average molecular weight is 265 g/mol. The maximum atomic E-state index is 13.5. The number of hydrogen-bond acceptors (Lipinski definition) is 2. The Morgan fingerprint density at radius 2 is 2.05 bits per heavy atom. The molecule has 0 radical (unpaired) electrons. The van der Waals surface area contributed by atoms with Gasteiger partial charge in [0.15, 0.2) is 0 Å². The van der Waals surface area contributed by atoms with Gasteiger partial charge in [0.1, 0.15) is 11.2 Å². The van der Waals surface area contributed by atoms with E-state index in [1.807, 2.05) is 0 Å². The third kappa shape index (κ3) is 2.75. The molecule has 0 spiro atoms. The van der Waals surface area contributed by atoms with E-state index < -0.39 is 17.3 Å². The van der Waals surface area contributed by atoms with Gasteiger partial charge in [-0.15, -0.1) is 0 Å². The molecular formula is C14H16FNO3. The van der Waals surface area contributed by atoms with Crippen LogP contribution < -0.4 is 5.32 Å². The number of carbonyl (C=O) groups excluding carboxylic acids is 1. The SMILES string of the molecule is C[C@H](Cc1ccccc1F)NC(=O)C1(C(=O)O)CC1. The van der Waals surface area contributed by atoms with E-state index in [2.05, 4.69) is 5.32 Å². The number of carboxylic acids is 1. The van der Waals surface area contributed by atoms with Gasteiger partial charge in [0.05, 0.1) is 0 Å². The summed E-state index contributed by atoms with van der Waals surface area (Å²) in [5.41, 5.74) is -0.737. The summed E-state index contributed by atoms with van der Waals surface area (Å²) in [5, 5.41) is 11.7. The van der Waals surface area contributed by atoms with Crippen LogP contribution in [-0.4, -0.2) is 23.0 Å². The van der Waals surface area contributed by atoms with Crippen LogP contribution in [0, 0.1) is 11.2 Å². The van der Waals surface area contributed by atoms with Gasteiger partial charge < -0.3 is 10.4 Å². The largest absolute Gasteiger partial charge is 0.480 e. The number of nitrogens with one attached hydrogen (secondary N) is 1. The van der Waals surface area contributed by atoms with E-state index in [9.17, 15) is 14.0 Å². The summed E-state index contributed by atoms with van der Waals surface area (Å²) in [4.78, 5) is 22.9. The Morgan fingerprint density at radius 1 is 1.42 bits per heavy atom. The van der Waals surface area contributed by atoms with Crippen molar-refractivity contribution in [3.8, 4) is 0 Å². The van der Waals surface area contributed by atoms with E-state index in [4.69, 9.17) is 5.11 Å². The van der Waals surface area contributed by atoms with Crippen molar-refractivity contribution >= 4 is 11.9 Å². The first kappa shape index (κ1) is 13.5.